The molecule has 0 bridgehead atoms. The van der Waals surface area contributed by atoms with Crippen molar-refractivity contribution in [1.29, 1.82) is 0 Å². The van der Waals surface area contributed by atoms with Gasteiger partial charge < -0.3 is 10.3 Å². The average molecular weight is 263 g/mol. The number of nitrogens with zero attached hydrogens (tertiary/aromatic N) is 2. The van der Waals surface area contributed by atoms with Gasteiger partial charge in [0.15, 0.2) is 0 Å². The first-order valence-corrected chi connectivity index (χ1v) is 7.62. The third kappa shape index (κ3) is 3.59. The predicted molar refractivity (Wildman–Crippen MR) is 79.9 cm³/mol. The number of aryl methyl sites for hydroxylation is 1. The van der Waals surface area contributed by atoms with Gasteiger partial charge in [-0.3, -0.25) is 0 Å². The van der Waals surface area contributed by atoms with E-state index in [1.165, 1.54) is 6.42 Å². The topological polar surface area (TPSA) is 43.8 Å². The molecule has 1 aliphatic carbocycles. The van der Waals surface area contributed by atoms with Crippen LogP contribution in [0.15, 0.2) is 12.4 Å². The van der Waals surface area contributed by atoms with Crippen molar-refractivity contribution < 1.29 is 0 Å². The molecule has 0 amide bonds. The highest BCUT2D eigenvalue weighted by Crippen LogP contribution is 2.43. The molecule has 2 atom stereocenters. The summed E-state index contributed by atoms with van der Waals surface area (Å²) in [6.45, 7) is 10.3. The van der Waals surface area contributed by atoms with Crippen molar-refractivity contribution in [3.05, 3.63) is 18.2 Å². The second-order valence-electron chi connectivity index (χ2n) is 7.43. The molecule has 1 aromatic rings. The second kappa shape index (κ2) is 5.28. The zero-order chi connectivity index (χ0) is 14.1. The van der Waals surface area contributed by atoms with Gasteiger partial charge in [-0.15, -0.1) is 0 Å². The van der Waals surface area contributed by atoms with Crippen LogP contribution >= 0.6 is 0 Å². The van der Waals surface area contributed by atoms with Gasteiger partial charge in [-0.05, 0) is 37.0 Å². The lowest BCUT2D eigenvalue weighted by Crippen LogP contribution is -2.51. The van der Waals surface area contributed by atoms with Gasteiger partial charge in [-0.2, -0.15) is 0 Å². The van der Waals surface area contributed by atoms with E-state index in [0.29, 0.717) is 11.3 Å². The summed E-state index contributed by atoms with van der Waals surface area (Å²) in [6.07, 6.45) is 9.55. The van der Waals surface area contributed by atoms with Crippen LogP contribution in [0.4, 0.5) is 0 Å². The molecule has 3 nitrogen and oxygen atoms in total. The molecular weight excluding hydrogens is 234 g/mol. The van der Waals surface area contributed by atoms with E-state index < -0.39 is 0 Å². The number of nitrogens with two attached hydrogens (primary N) is 1. The summed E-state index contributed by atoms with van der Waals surface area (Å²) < 4.78 is 2.26. The van der Waals surface area contributed by atoms with Crippen molar-refractivity contribution in [3.63, 3.8) is 0 Å². The van der Waals surface area contributed by atoms with Gasteiger partial charge in [0.05, 0.1) is 0 Å². The Kier molecular flexibility index (Phi) is 4.05. The van der Waals surface area contributed by atoms with Gasteiger partial charge in [-0.25, -0.2) is 4.98 Å². The molecule has 19 heavy (non-hydrogen) atoms. The fraction of sp³-hybridized carbons (Fsp3) is 0.812. The molecule has 0 aromatic carbocycles. The Morgan fingerprint density at radius 2 is 2.16 bits per heavy atom. The Bertz CT molecular complexity index is 421. The summed E-state index contributed by atoms with van der Waals surface area (Å²) in [5.74, 6) is 1.87. The molecule has 2 rings (SSSR count). The van der Waals surface area contributed by atoms with Crippen molar-refractivity contribution >= 4 is 0 Å². The molecule has 1 fully saturated rings. The molecule has 2 unspecified atom stereocenters. The lowest BCUT2D eigenvalue weighted by Gasteiger charge is -2.45. The minimum absolute atomic E-state index is 0.0853. The van der Waals surface area contributed by atoms with E-state index in [2.05, 4.69) is 43.4 Å². The Morgan fingerprint density at radius 3 is 2.79 bits per heavy atom. The highest BCUT2D eigenvalue weighted by atomic mass is 15.1. The Morgan fingerprint density at radius 1 is 1.42 bits per heavy atom. The lowest BCUT2D eigenvalue weighted by atomic mass is 9.63. The average Bonchev–Trinajstić information content (AvgIpc) is 2.61. The van der Waals surface area contributed by atoms with Gasteiger partial charge in [-0.1, -0.05) is 27.7 Å². The third-order valence-corrected chi connectivity index (χ3v) is 4.26. The van der Waals surface area contributed by atoms with Crippen LogP contribution in [0.5, 0.6) is 0 Å². The molecule has 3 heteroatoms. The molecule has 2 N–H and O–H groups in total. The SMILES string of the molecule is CCCn1ccnc1CC1(N)CC(C)CC(C)(C)C1. The molecule has 1 aliphatic rings. The van der Waals surface area contributed by atoms with Crippen molar-refractivity contribution in [2.45, 2.75) is 71.9 Å². The second-order valence-corrected chi connectivity index (χ2v) is 7.43. The minimum Gasteiger partial charge on any atom is -0.335 e. The third-order valence-electron chi connectivity index (χ3n) is 4.26. The number of hydrogen-bond acceptors (Lipinski definition) is 2. The van der Waals surface area contributed by atoms with Crippen LogP contribution in [0.2, 0.25) is 0 Å². The van der Waals surface area contributed by atoms with Crippen LogP contribution in [0.25, 0.3) is 0 Å². The molecule has 1 aromatic heterocycles. The first-order valence-electron chi connectivity index (χ1n) is 7.62. The van der Waals surface area contributed by atoms with Crippen molar-refractivity contribution in [1.82, 2.24) is 9.55 Å². The highest BCUT2D eigenvalue weighted by Gasteiger charge is 2.40. The number of rotatable bonds is 4. The molecule has 1 heterocycles. The monoisotopic (exact) mass is 263 g/mol. The summed E-state index contributed by atoms with van der Waals surface area (Å²) in [7, 11) is 0. The van der Waals surface area contributed by atoms with Crippen LogP contribution in [0.3, 0.4) is 0 Å². The van der Waals surface area contributed by atoms with E-state index >= 15 is 0 Å². The zero-order valence-corrected chi connectivity index (χ0v) is 12.9. The van der Waals surface area contributed by atoms with Gasteiger partial charge in [0.2, 0.25) is 0 Å². The van der Waals surface area contributed by atoms with Crippen LogP contribution in [-0.2, 0) is 13.0 Å². The Hall–Kier alpha value is -0.830. The normalized spacial score (nSPS) is 30.5. The first kappa shape index (κ1) is 14.6. The van der Waals surface area contributed by atoms with Gasteiger partial charge in [0.1, 0.15) is 5.82 Å². The zero-order valence-electron chi connectivity index (χ0n) is 12.9. The highest BCUT2D eigenvalue weighted by molar-refractivity contribution is 5.05. The van der Waals surface area contributed by atoms with E-state index in [-0.39, 0.29) is 5.54 Å². The van der Waals surface area contributed by atoms with Crippen molar-refractivity contribution in [3.8, 4) is 0 Å². The number of hydrogen-bond donors (Lipinski definition) is 1. The summed E-state index contributed by atoms with van der Waals surface area (Å²) in [5, 5.41) is 0. The van der Waals surface area contributed by atoms with Gasteiger partial charge in [0, 0.05) is 30.9 Å². The van der Waals surface area contributed by atoms with Crippen LogP contribution < -0.4 is 5.73 Å². The Labute approximate surface area is 117 Å². The molecule has 1 saturated carbocycles. The fourth-order valence-electron chi connectivity index (χ4n) is 4.21. The molecule has 0 saturated heterocycles. The van der Waals surface area contributed by atoms with Crippen molar-refractivity contribution in [2.75, 3.05) is 0 Å². The quantitative estimate of drug-likeness (QED) is 0.905. The van der Waals surface area contributed by atoms with Crippen LogP contribution in [-0.4, -0.2) is 15.1 Å². The number of aromatic nitrogens is 2. The van der Waals surface area contributed by atoms with Crippen LogP contribution in [0, 0.1) is 11.3 Å². The maximum Gasteiger partial charge on any atom is 0.110 e. The van der Waals surface area contributed by atoms with Crippen LogP contribution in [0.1, 0.15) is 59.2 Å². The largest absolute Gasteiger partial charge is 0.335 e. The standard InChI is InChI=1S/C16H29N3/c1-5-7-19-8-6-18-14(19)11-16(17)10-13(2)9-15(3,4)12-16/h6,8,13H,5,7,9-12,17H2,1-4H3. The maximum atomic E-state index is 6.73. The van der Waals surface area contributed by atoms with Gasteiger partial charge in [0.25, 0.3) is 0 Å². The smallest absolute Gasteiger partial charge is 0.110 e. The predicted octanol–water partition coefficient (Wildman–Crippen LogP) is 3.38. The minimum atomic E-state index is -0.0853. The molecule has 0 radical (unpaired) electrons. The fourth-order valence-corrected chi connectivity index (χ4v) is 4.21. The van der Waals surface area contributed by atoms with E-state index in [0.717, 1.165) is 38.1 Å². The van der Waals surface area contributed by atoms with Crippen molar-refractivity contribution in [2.24, 2.45) is 17.1 Å². The molecule has 0 aliphatic heterocycles. The van der Waals surface area contributed by atoms with E-state index in [4.69, 9.17) is 5.73 Å². The van der Waals surface area contributed by atoms with Gasteiger partial charge >= 0.3 is 0 Å². The number of imidazole rings is 1. The first-order chi connectivity index (χ1) is 8.84. The molecule has 0 spiro atoms. The summed E-state index contributed by atoms with van der Waals surface area (Å²) >= 11 is 0. The van der Waals surface area contributed by atoms with E-state index in [9.17, 15) is 0 Å². The molecule has 108 valence electrons. The summed E-state index contributed by atoms with van der Waals surface area (Å²) in [4.78, 5) is 4.53. The summed E-state index contributed by atoms with van der Waals surface area (Å²) in [5.41, 5.74) is 7.00. The Balaban J connectivity index is 2.14. The maximum absolute atomic E-state index is 6.73. The van der Waals surface area contributed by atoms with E-state index in [1.807, 2.05) is 6.20 Å². The lowest BCUT2D eigenvalue weighted by molar-refractivity contribution is 0.106. The molecular formula is C16H29N3. The summed E-state index contributed by atoms with van der Waals surface area (Å²) in [6, 6.07) is 0. The van der Waals surface area contributed by atoms with E-state index in [1.54, 1.807) is 0 Å².